The molecular weight excluding hydrogens is 394 g/mol. The zero-order valence-electron chi connectivity index (χ0n) is 17.7. The van der Waals surface area contributed by atoms with E-state index in [4.69, 9.17) is 4.74 Å². The number of carbonyl (C=O) groups is 1. The Balaban J connectivity index is 1.89. The van der Waals surface area contributed by atoms with E-state index in [9.17, 15) is 13.6 Å². The summed E-state index contributed by atoms with van der Waals surface area (Å²) in [6, 6.07) is 5.00. The number of nitrogens with zero attached hydrogens (tertiary/aromatic N) is 1. The van der Waals surface area contributed by atoms with Crippen LogP contribution in [0.5, 0.6) is 11.5 Å². The molecule has 0 spiro atoms. The summed E-state index contributed by atoms with van der Waals surface area (Å²) >= 11 is 0. The Labute approximate surface area is 176 Å². The predicted molar refractivity (Wildman–Crippen MR) is 112 cm³/mol. The fraction of sp³-hybridized carbons (Fsp3) is 0.619. The quantitative estimate of drug-likeness (QED) is 0.272. The number of ether oxygens (including phenoxy) is 2. The molecule has 0 heterocycles. The van der Waals surface area contributed by atoms with Crippen molar-refractivity contribution in [1.82, 2.24) is 16.0 Å². The highest BCUT2D eigenvalue weighted by Crippen LogP contribution is 2.33. The van der Waals surface area contributed by atoms with Crippen LogP contribution in [-0.4, -0.2) is 44.7 Å². The lowest BCUT2D eigenvalue weighted by Crippen LogP contribution is -2.39. The van der Waals surface area contributed by atoms with E-state index in [-0.39, 0.29) is 29.9 Å². The van der Waals surface area contributed by atoms with E-state index in [0.29, 0.717) is 37.8 Å². The lowest BCUT2D eigenvalue weighted by Gasteiger charge is -2.24. The number of hydrogen-bond donors (Lipinski definition) is 3. The number of para-hydroxylation sites is 1. The second-order valence-electron chi connectivity index (χ2n) is 6.95. The Morgan fingerprint density at radius 3 is 2.60 bits per heavy atom. The first-order valence-electron chi connectivity index (χ1n) is 10.5. The van der Waals surface area contributed by atoms with Crippen molar-refractivity contribution >= 4 is 11.9 Å². The van der Waals surface area contributed by atoms with Crippen molar-refractivity contribution < 1.29 is 23.0 Å². The van der Waals surface area contributed by atoms with Crippen LogP contribution in [0.2, 0.25) is 0 Å². The van der Waals surface area contributed by atoms with Gasteiger partial charge in [0.25, 0.3) is 0 Å². The molecule has 3 N–H and O–H groups in total. The highest BCUT2D eigenvalue weighted by molar-refractivity contribution is 5.80. The number of alkyl halides is 2. The van der Waals surface area contributed by atoms with Crippen molar-refractivity contribution in [1.29, 1.82) is 0 Å². The van der Waals surface area contributed by atoms with E-state index in [2.05, 4.69) is 25.7 Å². The van der Waals surface area contributed by atoms with Gasteiger partial charge in [0.1, 0.15) is 0 Å². The maximum absolute atomic E-state index is 12.8. The van der Waals surface area contributed by atoms with Gasteiger partial charge in [0.2, 0.25) is 5.91 Å². The van der Waals surface area contributed by atoms with Crippen LogP contribution in [0.3, 0.4) is 0 Å². The molecule has 1 aromatic rings. The first-order valence-corrected chi connectivity index (χ1v) is 10.5. The second-order valence-corrected chi connectivity index (χ2v) is 6.95. The zero-order chi connectivity index (χ0) is 21.8. The van der Waals surface area contributed by atoms with Crippen molar-refractivity contribution in [3.8, 4) is 11.5 Å². The molecule has 0 bridgehead atoms. The Hall–Kier alpha value is -2.58. The second kappa shape index (κ2) is 12.9. The number of aliphatic imine (C=N–C) groups is 1. The fourth-order valence-electron chi connectivity index (χ4n) is 3.01. The van der Waals surface area contributed by atoms with Crippen molar-refractivity contribution in [2.75, 3.05) is 26.2 Å². The van der Waals surface area contributed by atoms with Crippen LogP contribution >= 0.6 is 0 Å². The molecule has 9 heteroatoms. The molecule has 1 saturated carbocycles. The number of amides is 1. The van der Waals surface area contributed by atoms with E-state index in [1.165, 1.54) is 0 Å². The summed E-state index contributed by atoms with van der Waals surface area (Å²) < 4.78 is 35.8. The first-order chi connectivity index (χ1) is 14.5. The molecule has 0 aliphatic heterocycles. The average molecular weight is 427 g/mol. The van der Waals surface area contributed by atoms with Gasteiger partial charge in [0, 0.05) is 31.1 Å². The maximum Gasteiger partial charge on any atom is 0.387 e. The van der Waals surface area contributed by atoms with Crippen molar-refractivity contribution in [3.05, 3.63) is 23.8 Å². The van der Waals surface area contributed by atoms with E-state index < -0.39 is 6.61 Å². The average Bonchev–Trinajstić information content (AvgIpc) is 2.66. The Kier molecular flexibility index (Phi) is 10.2. The summed E-state index contributed by atoms with van der Waals surface area (Å²) in [6.45, 7) is 3.14. The molecule has 1 aromatic carbocycles. The number of hydrogen-bond acceptors (Lipinski definition) is 4. The summed E-state index contributed by atoms with van der Waals surface area (Å²) in [4.78, 5) is 16.3. The van der Waals surface area contributed by atoms with Gasteiger partial charge < -0.3 is 25.4 Å². The lowest BCUT2D eigenvalue weighted by molar-refractivity contribution is -0.127. The molecule has 1 aliphatic carbocycles. The first kappa shape index (κ1) is 23.7. The summed E-state index contributed by atoms with van der Waals surface area (Å²) in [6.07, 6.45) is 3.87. The highest BCUT2D eigenvalue weighted by atomic mass is 19.3. The van der Waals surface area contributed by atoms with E-state index in [0.717, 1.165) is 25.7 Å². The molecule has 168 valence electrons. The van der Waals surface area contributed by atoms with E-state index >= 15 is 0 Å². The SMILES string of the molecule is CCNC(=NCc1cccc(OCC)c1OC(F)F)NCCCNC(=O)C1CCC1. The third-order valence-corrected chi connectivity index (χ3v) is 4.74. The zero-order valence-corrected chi connectivity index (χ0v) is 17.7. The minimum absolute atomic E-state index is 0.00709. The number of halogens is 2. The van der Waals surface area contributed by atoms with Crippen LogP contribution < -0.4 is 25.4 Å². The van der Waals surface area contributed by atoms with E-state index in [1.807, 2.05) is 6.92 Å². The monoisotopic (exact) mass is 426 g/mol. The molecule has 2 rings (SSSR count). The summed E-state index contributed by atoms with van der Waals surface area (Å²) in [5.41, 5.74) is 0.506. The Morgan fingerprint density at radius 1 is 1.20 bits per heavy atom. The minimum Gasteiger partial charge on any atom is -0.490 e. The number of guanidine groups is 1. The van der Waals surface area contributed by atoms with Crippen LogP contribution in [-0.2, 0) is 11.3 Å². The standard InChI is InChI=1S/C21H32F2N4O3/c1-3-24-21(26-13-7-12-25-19(28)15-8-5-9-15)27-14-16-10-6-11-17(29-4-2)18(16)30-20(22)23/h6,10-11,15,20H,3-5,7-9,12-14H2,1-2H3,(H,25,28)(H2,24,26,27). The van der Waals surface area contributed by atoms with Gasteiger partial charge in [-0.3, -0.25) is 4.79 Å². The summed E-state index contributed by atoms with van der Waals surface area (Å²) in [5, 5.41) is 9.26. The Bertz CT molecular complexity index is 697. The number of nitrogens with one attached hydrogen (secondary N) is 3. The number of carbonyl (C=O) groups excluding carboxylic acids is 1. The highest BCUT2D eigenvalue weighted by Gasteiger charge is 2.24. The van der Waals surface area contributed by atoms with Crippen LogP contribution in [0, 0.1) is 5.92 Å². The predicted octanol–water partition coefficient (Wildman–Crippen LogP) is 3.05. The molecule has 0 atom stereocenters. The molecule has 0 radical (unpaired) electrons. The lowest BCUT2D eigenvalue weighted by atomic mass is 9.85. The number of benzene rings is 1. The molecule has 1 aliphatic rings. The summed E-state index contributed by atoms with van der Waals surface area (Å²) in [7, 11) is 0. The van der Waals surface area contributed by atoms with Gasteiger partial charge in [-0.25, -0.2) is 4.99 Å². The largest absolute Gasteiger partial charge is 0.490 e. The molecule has 0 saturated heterocycles. The van der Waals surface area contributed by atoms with Gasteiger partial charge in [-0.15, -0.1) is 0 Å². The van der Waals surface area contributed by atoms with Gasteiger partial charge in [0.05, 0.1) is 13.2 Å². The van der Waals surface area contributed by atoms with Crippen LogP contribution in [0.1, 0.15) is 45.1 Å². The molecule has 30 heavy (non-hydrogen) atoms. The van der Waals surface area contributed by atoms with Gasteiger partial charge >= 0.3 is 6.61 Å². The van der Waals surface area contributed by atoms with Crippen molar-refractivity contribution in [2.24, 2.45) is 10.9 Å². The van der Waals surface area contributed by atoms with Crippen LogP contribution in [0.25, 0.3) is 0 Å². The third kappa shape index (κ3) is 7.68. The van der Waals surface area contributed by atoms with Gasteiger partial charge in [-0.1, -0.05) is 18.6 Å². The smallest absolute Gasteiger partial charge is 0.387 e. The third-order valence-electron chi connectivity index (χ3n) is 4.74. The van der Waals surface area contributed by atoms with Gasteiger partial charge in [0.15, 0.2) is 17.5 Å². The molecule has 0 aromatic heterocycles. The Morgan fingerprint density at radius 2 is 1.97 bits per heavy atom. The van der Waals surface area contributed by atoms with Crippen molar-refractivity contribution in [3.63, 3.8) is 0 Å². The molecular formula is C21H32F2N4O3. The van der Waals surface area contributed by atoms with E-state index in [1.54, 1.807) is 25.1 Å². The van der Waals surface area contributed by atoms with Crippen LogP contribution in [0.4, 0.5) is 8.78 Å². The van der Waals surface area contributed by atoms with Crippen LogP contribution in [0.15, 0.2) is 23.2 Å². The maximum atomic E-state index is 12.8. The minimum atomic E-state index is -2.95. The van der Waals surface area contributed by atoms with Gasteiger partial charge in [-0.2, -0.15) is 8.78 Å². The topological polar surface area (TPSA) is 84.0 Å². The summed E-state index contributed by atoms with van der Waals surface area (Å²) in [5.74, 6) is 1.17. The van der Waals surface area contributed by atoms with Gasteiger partial charge in [-0.05, 0) is 39.2 Å². The normalized spacial score (nSPS) is 14.2. The molecule has 1 fully saturated rings. The molecule has 0 unspecified atom stereocenters. The fourth-order valence-corrected chi connectivity index (χ4v) is 3.01. The number of rotatable bonds is 12. The van der Waals surface area contributed by atoms with Crippen molar-refractivity contribution in [2.45, 2.75) is 52.7 Å². The molecule has 7 nitrogen and oxygen atoms in total. The molecule has 1 amide bonds.